The Morgan fingerprint density at radius 3 is 2.38 bits per heavy atom. The van der Waals surface area contributed by atoms with Crippen molar-refractivity contribution in [3.63, 3.8) is 0 Å². The number of rotatable bonds is 7. The van der Waals surface area contributed by atoms with E-state index in [-0.39, 0.29) is 25.3 Å². The van der Waals surface area contributed by atoms with Crippen molar-refractivity contribution in [2.24, 2.45) is 0 Å². The van der Waals surface area contributed by atoms with E-state index >= 15 is 0 Å². The fourth-order valence-electron chi connectivity index (χ4n) is 2.21. The monoisotopic (exact) mass is 334 g/mol. The number of nitrogens with one attached hydrogen (secondary N) is 3. The summed E-state index contributed by atoms with van der Waals surface area (Å²) in [5.41, 5.74) is -0.509. The molecule has 9 nitrogen and oxygen atoms in total. The van der Waals surface area contributed by atoms with Crippen molar-refractivity contribution in [3.05, 3.63) is 56.9 Å². The first-order valence-electron chi connectivity index (χ1n) is 7.32. The minimum atomic E-state index is -0.901. The number of aromatic amines is 2. The van der Waals surface area contributed by atoms with Gasteiger partial charge in [0, 0.05) is 13.0 Å². The third-order valence-corrected chi connectivity index (χ3v) is 3.43. The normalized spacial score (nSPS) is 11.7. The highest BCUT2D eigenvalue weighted by Crippen LogP contribution is 2.14. The second kappa shape index (κ2) is 7.95. The smallest absolute Gasteiger partial charge is 0.344 e. The van der Waals surface area contributed by atoms with Crippen LogP contribution in [-0.2, 0) is 20.9 Å². The highest BCUT2D eigenvalue weighted by molar-refractivity contribution is 5.85. The molecule has 1 unspecified atom stereocenters. The number of carbonyl (C=O) groups excluding carboxylic acids is 2. The first-order chi connectivity index (χ1) is 11.5. The molecule has 0 spiro atoms. The molecule has 1 aromatic carbocycles. The summed E-state index contributed by atoms with van der Waals surface area (Å²) in [5, 5.41) is 6.92. The van der Waals surface area contributed by atoms with Crippen LogP contribution in [0.1, 0.15) is 24.4 Å². The van der Waals surface area contributed by atoms with Crippen molar-refractivity contribution in [3.8, 4) is 0 Å². The van der Waals surface area contributed by atoms with Gasteiger partial charge in [0.2, 0.25) is 5.91 Å². The fourth-order valence-corrected chi connectivity index (χ4v) is 2.21. The van der Waals surface area contributed by atoms with E-state index in [4.69, 9.17) is 4.74 Å². The quantitative estimate of drug-likeness (QED) is 0.598. The molecule has 24 heavy (non-hydrogen) atoms. The van der Waals surface area contributed by atoms with Gasteiger partial charge in [0.15, 0.2) is 6.04 Å². The van der Waals surface area contributed by atoms with Gasteiger partial charge in [-0.05, 0) is 12.0 Å². The number of hydrogen-bond donors (Lipinski definition) is 3. The molecule has 1 heterocycles. The number of hydrogen-bond acceptors (Lipinski definition) is 5. The molecule has 0 saturated carbocycles. The summed E-state index contributed by atoms with van der Waals surface area (Å²) >= 11 is 0. The summed E-state index contributed by atoms with van der Waals surface area (Å²) < 4.78 is 5.67. The van der Waals surface area contributed by atoms with Gasteiger partial charge in [-0.15, -0.1) is 0 Å². The number of benzene rings is 1. The molecule has 3 N–H and O–H groups in total. The lowest BCUT2D eigenvalue weighted by atomic mass is 10.1. The van der Waals surface area contributed by atoms with E-state index in [2.05, 4.69) is 15.5 Å². The molecular formula is C15H18N4O5. The summed E-state index contributed by atoms with van der Waals surface area (Å²) in [7, 11) is 1.25. The molecule has 1 aromatic heterocycles. The van der Waals surface area contributed by atoms with E-state index in [0.717, 1.165) is 4.57 Å². The molecule has 1 atom stereocenters. The maximum Gasteiger partial charge on any atom is 0.344 e. The lowest BCUT2D eigenvalue weighted by Gasteiger charge is -2.16. The largest absolute Gasteiger partial charge is 0.467 e. The van der Waals surface area contributed by atoms with Crippen LogP contribution in [0, 0.1) is 0 Å². The Hall–Kier alpha value is -3.10. The van der Waals surface area contributed by atoms with E-state index in [9.17, 15) is 19.2 Å². The first-order valence-corrected chi connectivity index (χ1v) is 7.32. The summed E-state index contributed by atoms with van der Waals surface area (Å²) in [5.74, 6) is -0.956. The number of ether oxygens (including phenoxy) is 1. The maximum absolute atomic E-state index is 12.0. The Balaban J connectivity index is 1.95. The molecule has 0 aliphatic heterocycles. The predicted octanol–water partition coefficient (Wildman–Crippen LogP) is -0.325. The summed E-state index contributed by atoms with van der Waals surface area (Å²) in [6.45, 7) is 0.0965. The van der Waals surface area contributed by atoms with Gasteiger partial charge in [0.05, 0.1) is 7.11 Å². The summed E-state index contributed by atoms with van der Waals surface area (Å²) in [6, 6.07) is 7.82. The van der Waals surface area contributed by atoms with Gasteiger partial charge in [-0.3, -0.25) is 4.79 Å². The van der Waals surface area contributed by atoms with Crippen LogP contribution >= 0.6 is 0 Å². The first kappa shape index (κ1) is 17.3. The van der Waals surface area contributed by atoms with Crippen LogP contribution in [0.2, 0.25) is 0 Å². The van der Waals surface area contributed by atoms with Gasteiger partial charge in [-0.2, -0.15) is 0 Å². The second-order valence-corrected chi connectivity index (χ2v) is 5.05. The van der Waals surface area contributed by atoms with Gasteiger partial charge in [0.25, 0.3) is 0 Å². The summed E-state index contributed by atoms with van der Waals surface area (Å²) in [4.78, 5) is 46.6. The Labute approximate surface area is 136 Å². The van der Waals surface area contributed by atoms with E-state index in [1.54, 1.807) is 30.3 Å². The molecule has 0 radical (unpaired) electrons. The topological polar surface area (TPSA) is 126 Å². The Morgan fingerprint density at radius 1 is 1.17 bits per heavy atom. The average Bonchev–Trinajstić information content (AvgIpc) is 2.91. The number of nitrogens with zero attached hydrogens (tertiary/aromatic N) is 1. The Bertz CT molecular complexity index is 778. The molecule has 1 amide bonds. The third kappa shape index (κ3) is 4.22. The minimum Gasteiger partial charge on any atom is -0.467 e. The van der Waals surface area contributed by atoms with Crippen LogP contribution in [0.3, 0.4) is 0 Å². The zero-order valence-corrected chi connectivity index (χ0v) is 13.1. The van der Waals surface area contributed by atoms with E-state index in [1.165, 1.54) is 7.11 Å². The number of H-pyrrole nitrogens is 2. The van der Waals surface area contributed by atoms with Gasteiger partial charge >= 0.3 is 17.3 Å². The highest BCUT2D eigenvalue weighted by Gasteiger charge is 2.23. The van der Waals surface area contributed by atoms with Crippen LogP contribution in [0.4, 0.5) is 0 Å². The van der Waals surface area contributed by atoms with Crippen LogP contribution in [0.25, 0.3) is 0 Å². The van der Waals surface area contributed by atoms with Crippen molar-refractivity contribution >= 4 is 11.9 Å². The molecule has 0 saturated heterocycles. The van der Waals surface area contributed by atoms with Gasteiger partial charge in [-0.1, -0.05) is 30.3 Å². The number of amides is 1. The van der Waals surface area contributed by atoms with Crippen molar-refractivity contribution < 1.29 is 14.3 Å². The zero-order chi connectivity index (χ0) is 17.5. The number of methoxy groups -OCH3 is 1. The molecule has 0 bridgehead atoms. The van der Waals surface area contributed by atoms with Crippen molar-refractivity contribution in [2.75, 3.05) is 7.11 Å². The van der Waals surface area contributed by atoms with Gasteiger partial charge in [0.1, 0.15) is 0 Å². The molecule has 0 aliphatic rings. The Kier molecular flexibility index (Phi) is 5.72. The predicted molar refractivity (Wildman–Crippen MR) is 84.2 cm³/mol. The van der Waals surface area contributed by atoms with Gasteiger partial charge in [-0.25, -0.2) is 29.1 Å². The highest BCUT2D eigenvalue weighted by atomic mass is 16.5. The fraction of sp³-hybridized carbons (Fsp3) is 0.333. The van der Waals surface area contributed by atoms with Gasteiger partial charge < -0.3 is 10.1 Å². The lowest BCUT2D eigenvalue weighted by Crippen LogP contribution is -2.35. The van der Waals surface area contributed by atoms with Crippen LogP contribution in [0.5, 0.6) is 0 Å². The number of carbonyl (C=O) groups is 2. The standard InChI is InChI=1S/C15H18N4O5/c1-24-13(21)12(10-6-3-2-4-7-10)16-11(20)8-5-9-19-14(22)17-18-15(19)23/h2-4,6-7,12H,5,8-9H2,1H3,(H,16,20)(H,17,22)(H,18,23). The van der Waals surface area contributed by atoms with Crippen LogP contribution in [-0.4, -0.2) is 33.8 Å². The molecule has 2 rings (SSSR count). The molecule has 2 aromatic rings. The molecule has 0 aliphatic carbocycles. The molecule has 128 valence electrons. The van der Waals surface area contributed by atoms with Crippen molar-refractivity contribution in [2.45, 2.75) is 25.4 Å². The SMILES string of the molecule is COC(=O)C(NC(=O)CCCn1c(=O)[nH][nH]c1=O)c1ccccc1. The lowest BCUT2D eigenvalue weighted by molar-refractivity contribution is -0.145. The second-order valence-electron chi connectivity index (χ2n) is 5.05. The summed E-state index contributed by atoms with van der Waals surface area (Å²) in [6.07, 6.45) is 0.326. The Morgan fingerprint density at radius 2 is 1.79 bits per heavy atom. The zero-order valence-electron chi connectivity index (χ0n) is 13.1. The van der Waals surface area contributed by atoms with E-state index in [1.807, 2.05) is 0 Å². The number of esters is 1. The van der Waals surface area contributed by atoms with Crippen molar-refractivity contribution in [1.29, 1.82) is 0 Å². The van der Waals surface area contributed by atoms with E-state index < -0.39 is 23.4 Å². The maximum atomic E-state index is 12.0. The van der Waals surface area contributed by atoms with Crippen LogP contribution < -0.4 is 16.7 Å². The molecular weight excluding hydrogens is 316 g/mol. The van der Waals surface area contributed by atoms with E-state index in [0.29, 0.717) is 5.56 Å². The molecule has 9 heteroatoms. The average molecular weight is 334 g/mol. The van der Waals surface area contributed by atoms with Crippen LogP contribution in [0.15, 0.2) is 39.9 Å². The molecule has 0 fully saturated rings. The number of aromatic nitrogens is 3. The minimum absolute atomic E-state index is 0.0530. The third-order valence-electron chi connectivity index (χ3n) is 3.43. The van der Waals surface area contributed by atoms with Crippen molar-refractivity contribution in [1.82, 2.24) is 20.1 Å².